The van der Waals surface area contributed by atoms with E-state index in [0.29, 0.717) is 18.0 Å². The third-order valence-electron chi connectivity index (χ3n) is 4.34. The number of nitrogens with zero attached hydrogens (tertiary/aromatic N) is 2. The predicted octanol–water partition coefficient (Wildman–Crippen LogP) is 1.09. The Hall–Kier alpha value is -1.37. The molecule has 1 aromatic rings. The summed E-state index contributed by atoms with van der Waals surface area (Å²) < 4.78 is 22.1. The second kappa shape index (κ2) is 6.17. The number of ether oxygens (including phenoxy) is 4. The first-order valence-corrected chi connectivity index (χ1v) is 7.25. The lowest BCUT2D eigenvalue weighted by atomic mass is 9.95. The summed E-state index contributed by atoms with van der Waals surface area (Å²) in [4.78, 5) is 6.89. The molecule has 2 saturated heterocycles. The molecule has 0 saturated carbocycles. The van der Waals surface area contributed by atoms with Crippen molar-refractivity contribution in [3.63, 3.8) is 0 Å². The summed E-state index contributed by atoms with van der Waals surface area (Å²) in [5, 5.41) is 0. The van der Waals surface area contributed by atoms with Crippen molar-refractivity contribution in [1.29, 1.82) is 0 Å². The van der Waals surface area contributed by atoms with E-state index in [1.165, 1.54) is 0 Å². The van der Waals surface area contributed by atoms with Gasteiger partial charge in [0, 0.05) is 32.0 Å². The van der Waals surface area contributed by atoms with Crippen LogP contribution in [0.25, 0.3) is 0 Å². The van der Waals surface area contributed by atoms with Crippen molar-refractivity contribution in [1.82, 2.24) is 9.88 Å². The Kier molecular flexibility index (Phi) is 4.28. The third kappa shape index (κ3) is 2.71. The Morgan fingerprint density at radius 3 is 2.76 bits per heavy atom. The summed E-state index contributed by atoms with van der Waals surface area (Å²) in [5.74, 6) is 1.42. The van der Waals surface area contributed by atoms with Crippen molar-refractivity contribution >= 4 is 0 Å². The number of hydrogen-bond acceptors (Lipinski definition) is 6. The summed E-state index contributed by atoms with van der Waals surface area (Å²) in [5.41, 5.74) is 0.874. The molecule has 0 unspecified atom stereocenters. The van der Waals surface area contributed by atoms with Gasteiger partial charge in [0.05, 0.1) is 39.6 Å². The fraction of sp³-hybridized carbons (Fsp3) is 0.667. The lowest BCUT2D eigenvalue weighted by molar-refractivity contribution is -0.0756. The molecule has 6 heteroatoms. The van der Waals surface area contributed by atoms with Gasteiger partial charge in [-0.3, -0.25) is 9.88 Å². The van der Waals surface area contributed by atoms with Crippen LogP contribution in [0, 0.1) is 0 Å². The highest BCUT2D eigenvalue weighted by Crippen LogP contribution is 2.34. The van der Waals surface area contributed by atoms with Gasteiger partial charge in [0.15, 0.2) is 11.5 Å². The highest BCUT2D eigenvalue weighted by atomic mass is 16.5. The molecule has 0 radical (unpaired) electrons. The normalized spacial score (nSPS) is 26.2. The van der Waals surface area contributed by atoms with Crippen molar-refractivity contribution in [3.05, 3.63) is 18.0 Å². The minimum atomic E-state index is -0.0198. The average Bonchev–Trinajstić information content (AvgIpc) is 2.98. The minimum Gasteiger partial charge on any atom is -0.493 e. The zero-order chi connectivity index (χ0) is 14.7. The van der Waals surface area contributed by atoms with Gasteiger partial charge < -0.3 is 18.9 Å². The molecule has 21 heavy (non-hydrogen) atoms. The molecule has 116 valence electrons. The smallest absolute Gasteiger partial charge is 0.183 e. The summed E-state index contributed by atoms with van der Waals surface area (Å²) in [6.07, 6.45) is 2.76. The quantitative estimate of drug-likeness (QED) is 0.828. The first-order chi connectivity index (χ1) is 10.3. The molecule has 1 spiro atoms. The van der Waals surface area contributed by atoms with E-state index in [2.05, 4.69) is 9.88 Å². The molecule has 6 nitrogen and oxygen atoms in total. The molecule has 2 fully saturated rings. The van der Waals surface area contributed by atoms with Crippen LogP contribution in [0.15, 0.2) is 12.3 Å². The first kappa shape index (κ1) is 14.6. The molecule has 3 heterocycles. The summed E-state index contributed by atoms with van der Waals surface area (Å²) in [6, 6.07) is 1.82. The van der Waals surface area contributed by atoms with Crippen molar-refractivity contribution in [2.75, 3.05) is 47.2 Å². The second-order valence-corrected chi connectivity index (χ2v) is 5.49. The Bertz CT molecular complexity index is 489. The maximum Gasteiger partial charge on any atom is 0.183 e. The van der Waals surface area contributed by atoms with Gasteiger partial charge in [-0.05, 0) is 6.42 Å². The highest BCUT2D eigenvalue weighted by Gasteiger charge is 2.43. The van der Waals surface area contributed by atoms with Crippen LogP contribution in [0.2, 0.25) is 0 Å². The van der Waals surface area contributed by atoms with E-state index in [9.17, 15) is 0 Å². The molecule has 2 aliphatic heterocycles. The standard InChI is InChI=1S/C15H22N2O4/c1-18-13-3-5-16-12(14(13)19-2)9-17-6-8-21-11-15(17)4-7-20-10-15/h3,5H,4,6-11H2,1-2H3/t15-/m1/s1. The van der Waals surface area contributed by atoms with Crippen LogP contribution >= 0.6 is 0 Å². The van der Waals surface area contributed by atoms with E-state index in [1.807, 2.05) is 6.07 Å². The first-order valence-electron chi connectivity index (χ1n) is 7.25. The minimum absolute atomic E-state index is 0.0198. The van der Waals surface area contributed by atoms with E-state index >= 15 is 0 Å². The molecule has 0 amide bonds. The number of morpholine rings is 1. The van der Waals surface area contributed by atoms with Crippen LogP contribution in [-0.2, 0) is 16.0 Å². The van der Waals surface area contributed by atoms with Gasteiger partial charge in [-0.2, -0.15) is 0 Å². The van der Waals surface area contributed by atoms with Gasteiger partial charge in [0.25, 0.3) is 0 Å². The monoisotopic (exact) mass is 294 g/mol. The van der Waals surface area contributed by atoms with Crippen LogP contribution in [0.1, 0.15) is 12.1 Å². The van der Waals surface area contributed by atoms with Gasteiger partial charge in [0.2, 0.25) is 0 Å². The number of rotatable bonds is 4. The van der Waals surface area contributed by atoms with Crippen molar-refractivity contribution < 1.29 is 18.9 Å². The maximum atomic E-state index is 5.68. The Morgan fingerprint density at radius 1 is 1.24 bits per heavy atom. The number of hydrogen-bond donors (Lipinski definition) is 0. The molecule has 3 rings (SSSR count). The fourth-order valence-corrected chi connectivity index (χ4v) is 3.12. The zero-order valence-electron chi connectivity index (χ0n) is 12.6. The topological polar surface area (TPSA) is 53.1 Å². The van der Waals surface area contributed by atoms with Gasteiger partial charge in [-0.15, -0.1) is 0 Å². The molecule has 0 aromatic carbocycles. The van der Waals surface area contributed by atoms with E-state index in [-0.39, 0.29) is 5.54 Å². The Morgan fingerprint density at radius 2 is 2.05 bits per heavy atom. The Labute approximate surface area is 125 Å². The molecule has 0 aliphatic carbocycles. The van der Waals surface area contributed by atoms with Crippen LogP contribution in [0.5, 0.6) is 11.5 Å². The van der Waals surface area contributed by atoms with Crippen LogP contribution in [0.4, 0.5) is 0 Å². The molecule has 0 bridgehead atoms. The third-order valence-corrected chi connectivity index (χ3v) is 4.34. The van der Waals surface area contributed by atoms with Crippen LogP contribution in [-0.4, -0.2) is 62.6 Å². The summed E-state index contributed by atoms with van der Waals surface area (Å²) in [7, 11) is 3.29. The largest absolute Gasteiger partial charge is 0.493 e. The maximum absolute atomic E-state index is 5.68. The van der Waals surface area contributed by atoms with Crippen molar-refractivity contribution in [3.8, 4) is 11.5 Å². The van der Waals surface area contributed by atoms with Crippen LogP contribution in [0.3, 0.4) is 0 Å². The molecule has 2 aliphatic rings. The van der Waals surface area contributed by atoms with Gasteiger partial charge in [0.1, 0.15) is 5.69 Å². The van der Waals surface area contributed by atoms with Crippen molar-refractivity contribution in [2.45, 2.75) is 18.5 Å². The molecule has 0 N–H and O–H groups in total. The number of aromatic nitrogens is 1. The average molecular weight is 294 g/mol. The Balaban J connectivity index is 1.85. The molecular weight excluding hydrogens is 272 g/mol. The van der Waals surface area contributed by atoms with E-state index < -0.39 is 0 Å². The van der Waals surface area contributed by atoms with E-state index in [4.69, 9.17) is 18.9 Å². The number of methoxy groups -OCH3 is 2. The molecule has 1 aromatic heterocycles. The molecular formula is C15H22N2O4. The van der Waals surface area contributed by atoms with Crippen molar-refractivity contribution in [2.24, 2.45) is 0 Å². The second-order valence-electron chi connectivity index (χ2n) is 5.49. The van der Waals surface area contributed by atoms with Crippen LogP contribution < -0.4 is 9.47 Å². The summed E-state index contributed by atoms with van der Waals surface area (Å²) in [6.45, 7) is 4.58. The molecule has 1 atom stereocenters. The lowest BCUT2D eigenvalue weighted by Gasteiger charge is -2.43. The van der Waals surface area contributed by atoms with Gasteiger partial charge >= 0.3 is 0 Å². The lowest BCUT2D eigenvalue weighted by Crippen LogP contribution is -2.57. The summed E-state index contributed by atoms with van der Waals surface area (Å²) >= 11 is 0. The van der Waals surface area contributed by atoms with Gasteiger partial charge in [-0.25, -0.2) is 0 Å². The van der Waals surface area contributed by atoms with E-state index in [0.717, 1.165) is 45.1 Å². The fourth-order valence-electron chi connectivity index (χ4n) is 3.12. The highest BCUT2D eigenvalue weighted by molar-refractivity contribution is 5.42. The van der Waals surface area contributed by atoms with Gasteiger partial charge in [-0.1, -0.05) is 0 Å². The van der Waals surface area contributed by atoms with E-state index in [1.54, 1.807) is 20.4 Å². The number of pyridine rings is 1. The SMILES string of the molecule is COc1ccnc(CN2CCOC[C@]23CCOC3)c1OC. The zero-order valence-corrected chi connectivity index (χ0v) is 12.6. The predicted molar refractivity (Wildman–Crippen MR) is 76.7 cm³/mol.